The Kier molecular flexibility index (Phi) is 3.74. The summed E-state index contributed by atoms with van der Waals surface area (Å²) in [7, 11) is 0. The van der Waals surface area contributed by atoms with Crippen molar-refractivity contribution in [1.82, 2.24) is 0 Å². The predicted molar refractivity (Wildman–Crippen MR) is 74.2 cm³/mol. The van der Waals surface area contributed by atoms with Crippen molar-refractivity contribution < 1.29 is 10.0 Å². The van der Waals surface area contributed by atoms with Crippen LogP contribution in [0, 0.1) is 18.8 Å². The Balaban J connectivity index is 2.16. The van der Waals surface area contributed by atoms with Gasteiger partial charge in [0.2, 0.25) is 5.91 Å². The van der Waals surface area contributed by atoms with E-state index in [1.165, 1.54) is 0 Å². The van der Waals surface area contributed by atoms with E-state index in [1.807, 2.05) is 19.9 Å². The molecule has 2 rings (SSSR count). The number of amidine groups is 1. The first-order valence-corrected chi connectivity index (χ1v) is 6.42. The molecule has 1 aromatic rings. The Hall–Kier alpha value is -2.04. The fourth-order valence-corrected chi connectivity index (χ4v) is 2.03. The van der Waals surface area contributed by atoms with Gasteiger partial charge in [0, 0.05) is 17.2 Å². The van der Waals surface area contributed by atoms with E-state index in [2.05, 4.69) is 10.5 Å². The van der Waals surface area contributed by atoms with Crippen molar-refractivity contribution in [3.8, 4) is 0 Å². The SMILES string of the molecule is Cc1ccc(/C(N)=N/O)cc1NC(=O)C(C)C1CC1. The van der Waals surface area contributed by atoms with E-state index >= 15 is 0 Å². The highest BCUT2D eigenvalue weighted by Crippen LogP contribution is 2.37. The summed E-state index contributed by atoms with van der Waals surface area (Å²) in [5.74, 6) is 0.618. The van der Waals surface area contributed by atoms with E-state index in [0.717, 1.165) is 18.4 Å². The molecule has 1 saturated carbocycles. The van der Waals surface area contributed by atoms with Crippen LogP contribution in [-0.4, -0.2) is 17.0 Å². The second-order valence-electron chi connectivity index (χ2n) is 5.13. The maximum Gasteiger partial charge on any atom is 0.227 e. The molecule has 19 heavy (non-hydrogen) atoms. The van der Waals surface area contributed by atoms with E-state index in [4.69, 9.17) is 10.9 Å². The molecule has 0 aromatic heterocycles. The van der Waals surface area contributed by atoms with Gasteiger partial charge in [-0.1, -0.05) is 24.2 Å². The molecular formula is C14H19N3O2. The number of hydrogen-bond donors (Lipinski definition) is 3. The monoisotopic (exact) mass is 261 g/mol. The molecule has 1 aliphatic rings. The molecule has 1 unspecified atom stereocenters. The molecule has 1 aliphatic carbocycles. The number of anilines is 1. The molecule has 0 radical (unpaired) electrons. The Morgan fingerprint density at radius 3 is 2.79 bits per heavy atom. The van der Waals surface area contributed by atoms with Crippen molar-refractivity contribution in [2.24, 2.45) is 22.7 Å². The number of carbonyl (C=O) groups is 1. The van der Waals surface area contributed by atoms with E-state index in [9.17, 15) is 4.79 Å². The number of aryl methyl sites for hydroxylation is 1. The summed E-state index contributed by atoms with van der Waals surface area (Å²) in [6.07, 6.45) is 2.27. The number of oxime groups is 1. The normalized spacial score (nSPS) is 17.1. The fourth-order valence-electron chi connectivity index (χ4n) is 2.03. The lowest BCUT2D eigenvalue weighted by Crippen LogP contribution is -2.22. The van der Waals surface area contributed by atoms with E-state index in [1.54, 1.807) is 12.1 Å². The molecule has 1 atom stereocenters. The van der Waals surface area contributed by atoms with Gasteiger partial charge in [0.25, 0.3) is 0 Å². The number of nitrogens with two attached hydrogens (primary N) is 1. The largest absolute Gasteiger partial charge is 0.409 e. The van der Waals surface area contributed by atoms with Gasteiger partial charge in [-0.3, -0.25) is 4.79 Å². The van der Waals surface area contributed by atoms with Crippen molar-refractivity contribution in [1.29, 1.82) is 0 Å². The molecule has 4 N–H and O–H groups in total. The summed E-state index contributed by atoms with van der Waals surface area (Å²) in [4.78, 5) is 12.1. The number of nitrogens with zero attached hydrogens (tertiary/aromatic N) is 1. The van der Waals surface area contributed by atoms with Gasteiger partial charge in [0.15, 0.2) is 5.84 Å². The number of carbonyl (C=O) groups excluding carboxylic acids is 1. The number of hydrogen-bond acceptors (Lipinski definition) is 3. The molecule has 0 heterocycles. The van der Waals surface area contributed by atoms with Crippen LogP contribution >= 0.6 is 0 Å². The number of rotatable bonds is 4. The number of nitrogens with one attached hydrogen (secondary N) is 1. The third-order valence-corrected chi connectivity index (χ3v) is 3.64. The van der Waals surface area contributed by atoms with Crippen molar-refractivity contribution in [3.63, 3.8) is 0 Å². The van der Waals surface area contributed by atoms with E-state index in [0.29, 0.717) is 17.2 Å². The van der Waals surface area contributed by atoms with Gasteiger partial charge in [-0.15, -0.1) is 0 Å². The summed E-state index contributed by atoms with van der Waals surface area (Å²) in [6, 6.07) is 5.32. The van der Waals surface area contributed by atoms with E-state index < -0.39 is 0 Å². The summed E-state index contributed by atoms with van der Waals surface area (Å²) in [5, 5.41) is 14.6. The lowest BCUT2D eigenvalue weighted by atomic mass is 10.0. The van der Waals surface area contributed by atoms with Crippen molar-refractivity contribution in [3.05, 3.63) is 29.3 Å². The van der Waals surface area contributed by atoms with Crippen LogP contribution in [0.5, 0.6) is 0 Å². The first kappa shape index (κ1) is 13.4. The Bertz CT molecular complexity index is 521. The van der Waals surface area contributed by atoms with Gasteiger partial charge in [-0.2, -0.15) is 0 Å². The van der Waals surface area contributed by atoms with Crippen LogP contribution in [0.4, 0.5) is 5.69 Å². The van der Waals surface area contributed by atoms with Gasteiger partial charge in [-0.25, -0.2) is 0 Å². The molecule has 1 aromatic carbocycles. The Labute approximate surface area is 112 Å². The van der Waals surface area contributed by atoms with Gasteiger partial charge in [0.05, 0.1) is 0 Å². The molecule has 0 saturated heterocycles. The third-order valence-electron chi connectivity index (χ3n) is 3.64. The molecule has 1 amide bonds. The lowest BCUT2D eigenvalue weighted by Gasteiger charge is -2.14. The van der Waals surface area contributed by atoms with Crippen molar-refractivity contribution >= 4 is 17.4 Å². The van der Waals surface area contributed by atoms with Crippen LogP contribution in [0.3, 0.4) is 0 Å². The standard InChI is InChI=1S/C14H19N3O2/c1-8-3-4-11(13(15)17-19)7-12(8)16-14(18)9(2)10-5-6-10/h3-4,7,9-10,19H,5-6H2,1-2H3,(H2,15,17)(H,16,18). The Morgan fingerprint density at radius 1 is 1.53 bits per heavy atom. The first-order chi connectivity index (χ1) is 9.02. The zero-order valence-electron chi connectivity index (χ0n) is 11.2. The highest BCUT2D eigenvalue weighted by molar-refractivity contribution is 6.00. The van der Waals surface area contributed by atoms with Crippen molar-refractivity contribution in [2.75, 3.05) is 5.32 Å². The first-order valence-electron chi connectivity index (χ1n) is 6.42. The summed E-state index contributed by atoms with van der Waals surface area (Å²) < 4.78 is 0. The van der Waals surface area contributed by atoms with Crippen LogP contribution in [-0.2, 0) is 4.79 Å². The molecule has 5 nitrogen and oxygen atoms in total. The van der Waals surface area contributed by atoms with Gasteiger partial charge in [0.1, 0.15) is 0 Å². The van der Waals surface area contributed by atoms with Crippen LogP contribution in [0.25, 0.3) is 0 Å². The average Bonchev–Trinajstić information content (AvgIpc) is 3.23. The molecular weight excluding hydrogens is 242 g/mol. The average molecular weight is 261 g/mol. The molecule has 1 fully saturated rings. The van der Waals surface area contributed by atoms with Gasteiger partial charge in [-0.05, 0) is 37.3 Å². The number of benzene rings is 1. The minimum atomic E-state index is 0.0299. The maximum absolute atomic E-state index is 12.1. The highest BCUT2D eigenvalue weighted by Gasteiger charge is 2.32. The van der Waals surface area contributed by atoms with Crippen molar-refractivity contribution in [2.45, 2.75) is 26.7 Å². The molecule has 0 aliphatic heterocycles. The summed E-state index contributed by atoms with van der Waals surface area (Å²) in [5.41, 5.74) is 7.79. The van der Waals surface area contributed by atoms with Crippen LogP contribution in [0.15, 0.2) is 23.4 Å². The summed E-state index contributed by atoms with van der Waals surface area (Å²) >= 11 is 0. The quantitative estimate of drug-likeness (QED) is 0.335. The summed E-state index contributed by atoms with van der Waals surface area (Å²) in [6.45, 7) is 3.86. The highest BCUT2D eigenvalue weighted by atomic mass is 16.4. The molecule has 0 spiro atoms. The minimum Gasteiger partial charge on any atom is -0.409 e. The lowest BCUT2D eigenvalue weighted by molar-refractivity contribution is -0.119. The Morgan fingerprint density at radius 2 is 2.21 bits per heavy atom. The number of amides is 1. The van der Waals surface area contributed by atoms with E-state index in [-0.39, 0.29) is 17.7 Å². The van der Waals surface area contributed by atoms with Crippen LogP contribution in [0.2, 0.25) is 0 Å². The molecule has 0 bridgehead atoms. The van der Waals surface area contributed by atoms with Gasteiger partial charge < -0.3 is 16.3 Å². The van der Waals surface area contributed by atoms with Gasteiger partial charge >= 0.3 is 0 Å². The van der Waals surface area contributed by atoms with Crippen LogP contribution in [0.1, 0.15) is 30.9 Å². The zero-order valence-corrected chi connectivity index (χ0v) is 11.2. The molecule has 5 heteroatoms. The third kappa shape index (κ3) is 3.05. The minimum absolute atomic E-state index is 0.0299. The maximum atomic E-state index is 12.1. The second-order valence-corrected chi connectivity index (χ2v) is 5.13. The van der Waals surface area contributed by atoms with Crippen LogP contribution < -0.4 is 11.1 Å². The fraction of sp³-hybridized carbons (Fsp3) is 0.429. The molecule has 102 valence electrons. The topological polar surface area (TPSA) is 87.7 Å². The second kappa shape index (κ2) is 5.30. The zero-order chi connectivity index (χ0) is 14.0. The smallest absolute Gasteiger partial charge is 0.227 e. The predicted octanol–water partition coefficient (Wildman–Crippen LogP) is 2.07.